The molecule has 3 rings (SSSR count). The van der Waals surface area contributed by atoms with Gasteiger partial charge in [-0.25, -0.2) is 9.78 Å². The summed E-state index contributed by atoms with van der Waals surface area (Å²) in [6, 6.07) is 4.12. The van der Waals surface area contributed by atoms with Crippen molar-refractivity contribution in [1.82, 2.24) is 25.0 Å². The van der Waals surface area contributed by atoms with Crippen LogP contribution in [0.5, 0.6) is 0 Å². The molecule has 2 aromatic rings. The van der Waals surface area contributed by atoms with Crippen LogP contribution in [0.15, 0.2) is 24.4 Å². The van der Waals surface area contributed by atoms with Crippen molar-refractivity contribution in [2.75, 3.05) is 38.1 Å². The number of fused-ring (bicyclic) bond motifs is 1. The number of anilines is 1. The Balaban J connectivity index is 1.54. The Labute approximate surface area is 228 Å². The topological polar surface area (TPSA) is 122 Å². The summed E-state index contributed by atoms with van der Waals surface area (Å²) in [6.07, 6.45) is 5.98. The lowest BCUT2D eigenvalue weighted by molar-refractivity contribution is -0.139. The number of hydrogen-bond acceptors (Lipinski definition) is 7. The molecule has 2 aromatic heterocycles. The van der Waals surface area contributed by atoms with Gasteiger partial charge in [-0.1, -0.05) is 6.07 Å². The quantitative estimate of drug-likeness (QED) is 0.287. The molecule has 12 heteroatoms. The van der Waals surface area contributed by atoms with E-state index in [0.29, 0.717) is 19.7 Å². The summed E-state index contributed by atoms with van der Waals surface area (Å²) in [5.74, 6) is -1.16. The predicted molar refractivity (Wildman–Crippen MR) is 143 cm³/mol. The highest BCUT2D eigenvalue weighted by molar-refractivity contribution is 5.95. The minimum Gasteiger partial charge on any atom is -0.480 e. The van der Waals surface area contributed by atoms with Gasteiger partial charge >= 0.3 is 12.5 Å². The van der Waals surface area contributed by atoms with Gasteiger partial charge < -0.3 is 25.4 Å². The Morgan fingerprint density at radius 2 is 2.00 bits per heavy atom. The second-order valence-corrected chi connectivity index (χ2v) is 10.7. The fourth-order valence-corrected chi connectivity index (χ4v) is 4.42. The smallest absolute Gasteiger partial charge is 0.333 e. The Kier molecular flexibility index (Phi) is 11.2. The number of hydrogen-bond donors (Lipinski definition) is 3. The third-order valence-electron chi connectivity index (χ3n) is 6.48. The molecule has 10 nitrogen and oxygen atoms in total. The lowest BCUT2D eigenvalue weighted by atomic mass is 10.1. The van der Waals surface area contributed by atoms with Crippen molar-refractivity contribution >= 4 is 17.7 Å². The first-order valence-electron chi connectivity index (χ1n) is 13.5. The molecule has 0 saturated heterocycles. The van der Waals surface area contributed by atoms with Gasteiger partial charge in [0.15, 0.2) is 0 Å². The molecule has 1 atom stereocenters. The maximum absolute atomic E-state index is 13.1. The number of nitrogens with one attached hydrogen (secondary N) is 2. The number of ether oxygens (including phenoxy) is 1. The fourth-order valence-electron chi connectivity index (χ4n) is 4.42. The van der Waals surface area contributed by atoms with E-state index in [1.165, 1.54) is 5.56 Å². The van der Waals surface area contributed by atoms with Crippen LogP contribution in [0.25, 0.3) is 0 Å². The van der Waals surface area contributed by atoms with Crippen molar-refractivity contribution in [3.63, 3.8) is 0 Å². The lowest BCUT2D eigenvalue weighted by Gasteiger charge is -2.27. The van der Waals surface area contributed by atoms with E-state index >= 15 is 0 Å². The maximum atomic E-state index is 13.1. The molecular weight excluding hydrogens is 510 g/mol. The van der Waals surface area contributed by atoms with Gasteiger partial charge in [-0.05, 0) is 83.5 Å². The number of aliphatic carboxylic acids is 1. The first-order chi connectivity index (χ1) is 18.5. The van der Waals surface area contributed by atoms with Gasteiger partial charge in [0.05, 0.1) is 12.2 Å². The standard InChI is InChI=1S/C27H40F2N6O4/c1-27(2,3)39-18-17-34(15-5-4-8-20-10-9-19-7-6-13-30-23(19)32-20)16-12-21(25(37)38)33-24(36)22-11-14-31-35(22)26(28)29/h9-11,14,21,26H,4-8,12-13,15-18H2,1-3H3,(H,30,32)(H,33,36)(H,37,38). The van der Waals surface area contributed by atoms with E-state index in [-0.39, 0.29) is 16.7 Å². The summed E-state index contributed by atoms with van der Waals surface area (Å²) < 4.78 is 32.3. The van der Waals surface area contributed by atoms with Crippen LogP contribution in [0, 0.1) is 0 Å². The number of pyridine rings is 1. The Morgan fingerprint density at radius 1 is 1.21 bits per heavy atom. The van der Waals surface area contributed by atoms with E-state index in [9.17, 15) is 23.5 Å². The van der Waals surface area contributed by atoms with E-state index in [4.69, 9.17) is 9.72 Å². The van der Waals surface area contributed by atoms with Crippen molar-refractivity contribution in [2.24, 2.45) is 0 Å². The van der Waals surface area contributed by atoms with Gasteiger partial charge in [0, 0.05) is 31.5 Å². The summed E-state index contributed by atoms with van der Waals surface area (Å²) >= 11 is 0. The zero-order chi connectivity index (χ0) is 28.4. The zero-order valence-electron chi connectivity index (χ0n) is 23.0. The molecule has 0 spiro atoms. The molecule has 39 heavy (non-hydrogen) atoms. The van der Waals surface area contributed by atoms with E-state index in [1.807, 2.05) is 20.8 Å². The fraction of sp³-hybridized carbons (Fsp3) is 0.630. The van der Waals surface area contributed by atoms with Crippen molar-refractivity contribution in [1.29, 1.82) is 0 Å². The largest absolute Gasteiger partial charge is 0.480 e. The molecule has 0 radical (unpaired) electrons. The number of halogens is 2. The molecule has 0 bridgehead atoms. The van der Waals surface area contributed by atoms with Gasteiger partial charge in [-0.3, -0.25) is 4.79 Å². The molecule has 3 N–H and O–H groups in total. The predicted octanol–water partition coefficient (Wildman–Crippen LogP) is 3.74. The first-order valence-corrected chi connectivity index (χ1v) is 13.5. The van der Waals surface area contributed by atoms with Crippen molar-refractivity contribution in [2.45, 2.75) is 77.5 Å². The number of unbranched alkanes of at least 4 members (excludes halogenated alkanes) is 1. The van der Waals surface area contributed by atoms with Gasteiger partial charge in [0.1, 0.15) is 17.6 Å². The van der Waals surface area contributed by atoms with Gasteiger partial charge in [0.2, 0.25) is 0 Å². The second kappa shape index (κ2) is 14.3. The van der Waals surface area contributed by atoms with Crippen LogP contribution in [0.3, 0.4) is 0 Å². The summed E-state index contributed by atoms with van der Waals surface area (Å²) in [7, 11) is 0. The van der Waals surface area contributed by atoms with Crippen molar-refractivity contribution in [3.05, 3.63) is 41.3 Å². The Bertz CT molecular complexity index is 1090. The summed E-state index contributed by atoms with van der Waals surface area (Å²) in [6.45, 7) is 6.02. The van der Waals surface area contributed by atoms with Gasteiger partial charge in [-0.2, -0.15) is 18.6 Å². The van der Waals surface area contributed by atoms with Crippen LogP contribution in [0.2, 0.25) is 0 Å². The number of carbonyl (C=O) groups is 2. The minimum absolute atomic E-state index is 0.109. The summed E-state index contributed by atoms with van der Waals surface area (Å²) in [5.41, 5.74) is 1.61. The highest BCUT2D eigenvalue weighted by Crippen LogP contribution is 2.20. The summed E-state index contributed by atoms with van der Waals surface area (Å²) in [5, 5.41) is 18.8. The molecule has 0 aliphatic carbocycles. The van der Waals surface area contributed by atoms with Crippen LogP contribution in [0.4, 0.5) is 14.6 Å². The normalized spacial score (nSPS) is 14.2. The minimum atomic E-state index is -3.00. The molecule has 0 fully saturated rings. The van der Waals surface area contributed by atoms with Crippen molar-refractivity contribution < 1.29 is 28.2 Å². The van der Waals surface area contributed by atoms with Crippen LogP contribution in [0.1, 0.15) is 74.7 Å². The highest BCUT2D eigenvalue weighted by Gasteiger charge is 2.25. The number of carboxylic acid groups (broad SMARTS) is 1. The van der Waals surface area contributed by atoms with E-state index < -0.39 is 30.2 Å². The number of carbonyl (C=O) groups excluding carboxylic acids is 1. The van der Waals surface area contributed by atoms with E-state index in [2.05, 4.69) is 32.8 Å². The number of alkyl halides is 2. The SMILES string of the molecule is CC(C)(C)OCCN(CCCCc1ccc2c(n1)NCCC2)CCC(NC(=O)c1ccnn1C(F)F)C(=O)O. The summed E-state index contributed by atoms with van der Waals surface area (Å²) in [4.78, 5) is 31.2. The Hall–Kier alpha value is -3.12. The van der Waals surface area contributed by atoms with Crippen molar-refractivity contribution in [3.8, 4) is 0 Å². The highest BCUT2D eigenvalue weighted by atomic mass is 19.3. The van der Waals surface area contributed by atoms with Crippen LogP contribution >= 0.6 is 0 Å². The monoisotopic (exact) mass is 550 g/mol. The molecule has 0 aromatic carbocycles. The average molecular weight is 551 g/mol. The lowest BCUT2D eigenvalue weighted by Crippen LogP contribution is -2.44. The number of nitrogens with zero attached hydrogens (tertiary/aromatic N) is 4. The number of aromatic nitrogens is 3. The zero-order valence-corrected chi connectivity index (χ0v) is 23.0. The first kappa shape index (κ1) is 30.4. The van der Waals surface area contributed by atoms with E-state index in [1.54, 1.807) is 0 Å². The van der Waals surface area contributed by atoms with Gasteiger partial charge in [0.25, 0.3) is 5.91 Å². The van der Waals surface area contributed by atoms with Crippen LogP contribution < -0.4 is 10.6 Å². The molecule has 1 aliphatic heterocycles. The third kappa shape index (κ3) is 9.85. The number of carboxylic acids is 1. The molecule has 0 saturated carbocycles. The molecule has 3 heterocycles. The van der Waals surface area contributed by atoms with Gasteiger partial charge in [-0.15, -0.1) is 0 Å². The number of rotatable bonds is 15. The third-order valence-corrected chi connectivity index (χ3v) is 6.48. The second-order valence-electron chi connectivity index (χ2n) is 10.7. The molecule has 1 amide bonds. The van der Waals surface area contributed by atoms with Crippen LogP contribution in [-0.4, -0.2) is 81.1 Å². The number of aryl methyl sites for hydroxylation is 2. The number of amides is 1. The molecular formula is C27H40F2N6O4. The van der Waals surface area contributed by atoms with Crippen LogP contribution in [-0.2, 0) is 22.4 Å². The Morgan fingerprint density at radius 3 is 2.72 bits per heavy atom. The maximum Gasteiger partial charge on any atom is 0.333 e. The molecule has 1 unspecified atom stereocenters. The van der Waals surface area contributed by atoms with E-state index in [0.717, 1.165) is 69.0 Å². The average Bonchev–Trinajstić information content (AvgIpc) is 3.38. The molecule has 216 valence electrons. The molecule has 1 aliphatic rings.